The summed E-state index contributed by atoms with van der Waals surface area (Å²) in [5.41, 5.74) is -0.0160. The average Bonchev–Trinajstić information content (AvgIpc) is 2.03. The van der Waals surface area contributed by atoms with Gasteiger partial charge in [0.25, 0.3) is 0 Å². The fourth-order valence-corrected chi connectivity index (χ4v) is 0.887. The second-order valence-electron chi connectivity index (χ2n) is 2.39. The minimum atomic E-state index is -1.11. The Labute approximate surface area is 103 Å². The molecule has 0 aliphatic carbocycles. The minimum absolute atomic E-state index is 0. The molecule has 5 heteroatoms. The molecule has 0 amide bonds. The van der Waals surface area contributed by atoms with Crippen molar-refractivity contribution < 1.29 is 49.0 Å². The Morgan fingerprint density at radius 1 is 1.29 bits per heavy atom. The molecule has 0 atom stereocenters. The summed E-state index contributed by atoms with van der Waals surface area (Å²) in [7, 11) is 0. The summed E-state index contributed by atoms with van der Waals surface area (Å²) < 4.78 is 4.69. The number of hydrogen-bond donors (Lipinski definition) is 1. The maximum Gasteiger partial charge on any atom is 1.00 e. The van der Waals surface area contributed by atoms with Gasteiger partial charge in [0.15, 0.2) is 0 Å². The SMILES string of the molecule is CC(=O)Oc1ccccc1C(=O)O.[Na+]. The molecule has 0 aliphatic rings. The fraction of sp³-hybridized carbons (Fsp3) is 0.111. The number of rotatable bonds is 2. The molecular formula is C9H8NaO4+. The van der Waals surface area contributed by atoms with Gasteiger partial charge in [-0.3, -0.25) is 4.79 Å². The molecule has 0 saturated carbocycles. The van der Waals surface area contributed by atoms with E-state index in [0.717, 1.165) is 0 Å². The van der Waals surface area contributed by atoms with Crippen molar-refractivity contribution in [2.24, 2.45) is 0 Å². The van der Waals surface area contributed by atoms with E-state index in [4.69, 9.17) is 5.11 Å². The number of ether oxygens (including phenoxy) is 1. The van der Waals surface area contributed by atoms with E-state index in [-0.39, 0.29) is 40.9 Å². The van der Waals surface area contributed by atoms with Crippen molar-refractivity contribution in [2.75, 3.05) is 0 Å². The zero-order valence-electron chi connectivity index (χ0n) is 7.98. The average molecular weight is 203 g/mol. The van der Waals surface area contributed by atoms with Gasteiger partial charge in [0.1, 0.15) is 11.3 Å². The molecule has 0 aliphatic heterocycles. The van der Waals surface area contributed by atoms with Crippen LogP contribution in [0.25, 0.3) is 0 Å². The second kappa shape index (κ2) is 5.80. The van der Waals surface area contributed by atoms with Gasteiger partial charge in [-0.1, -0.05) is 12.1 Å². The van der Waals surface area contributed by atoms with Crippen LogP contribution >= 0.6 is 0 Å². The number of carboxylic acids is 1. The first-order valence-corrected chi connectivity index (χ1v) is 3.62. The maximum atomic E-state index is 10.6. The van der Waals surface area contributed by atoms with Gasteiger partial charge >= 0.3 is 41.5 Å². The van der Waals surface area contributed by atoms with E-state index < -0.39 is 11.9 Å². The smallest absolute Gasteiger partial charge is 0.478 e. The summed E-state index contributed by atoms with van der Waals surface area (Å²) in [6.07, 6.45) is 0. The molecule has 0 aromatic heterocycles. The van der Waals surface area contributed by atoms with Crippen LogP contribution in [-0.4, -0.2) is 17.0 Å². The van der Waals surface area contributed by atoms with Crippen LogP contribution in [0.1, 0.15) is 17.3 Å². The number of hydrogen-bond acceptors (Lipinski definition) is 3. The summed E-state index contributed by atoms with van der Waals surface area (Å²) >= 11 is 0. The summed E-state index contributed by atoms with van der Waals surface area (Å²) in [6.45, 7) is 1.22. The van der Waals surface area contributed by atoms with Crippen molar-refractivity contribution in [1.29, 1.82) is 0 Å². The van der Waals surface area contributed by atoms with Crippen LogP contribution in [0.15, 0.2) is 24.3 Å². The number of carbonyl (C=O) groups is 2. The van der Waals surface area contributed by atoms with Crippen LogP contribution in [0.5, 0.6) is 5.75 Å². The van der Waals surface area contributed by atoms with Crippen LogP contribution < -0.4 is 34.3 Å². The molecule has 0 bridgehead atoms. The number of benzene rings is 1. The van der Waals surface area contributed by atoms with Crippen LogP contribution in [-0.2, 0) is 4.79 Å². The largest absolute Gasteiger partial charge is 1.00 e. The van der Waals surface area contributed by atoms with Gasteiger partial charge in [0.05, 0.1) is 0 Å². The third-order valence-corrected chi connectivity index (χ3v) is 1.37. The van der Waals surface area contributed by atoms with Gasteiger partial charge in [-0.05, 0) is 12.1 Å². The Morgan fingerprint density at radius 2 is 1.86 bits per heavy atom. The van der Waals surface area contributed by atoms with Gasteiger partial charge in [-0.15, -0.1) is 0 Å². The van der Waals surface area contributed by atoms with Crippen LogP contribution in [0.3, 0.4) is 0 Å². The van der Waals surface area contributed by atoms with E-state index in [1.165, 1.54) is 19.1 Å². The van der Waals surface area contributed by atoms with E-state index >= 15 is 0 Å². The first-order valence-electron chi connectivity index (χ1n) is 3.62. The summed E-state index contributed by atoms with van der Waals surface area (Å²) in [5.74, 6) is -1.58. The molecule has 0 radical (unpaired) electrons. The molecule has 1 aromatic rings. The van der Waals surface area contributed by atoms with Crippen LogP contribution in [0.4, 0.5) is 0 Å². The molecule has 0 spiro atoms. The Kier molecular flexibility index (Phi) is 5.45. The van der Waals surface area contributed by atoms with Gasteiger partial charge in [0, 0.05) is 6.92 Å². The molecule has 1 aromatic carbocycles. The van der Waals surface area contributed by atoms with Gasteiger partial charge < -0.3 is 9.84 Å². The van der Waals surface area contributed by atoms with Crippen LogP contribution in [0, 0.1) is 0 Å². The van der Waals surface area contributed by atoms with Gasteiger partial charge in [0.2, 0.25) is 0 Å². The molecule has 0 unspecified atom stereocenters. The predicted molar refractivity (Wildman–Crippen MR) is 44.7 cm³/mol. The summed E-state index contributed by atoms with van der Waals surface area (Å²) in [6, 6.07) is 5.98. The van der Waals surface area contributed by atoms with E-state index in [1.807, 2.05) is 0 Å². The van der Waals surface area contributed by atoms with E-state index in [2.05, 4.69) is 4.74 Å². The van der Waals surface area contributed by atoms with Crippen molar-refractivity contribution in [3.05, 3.63) is 29.8 Å². The van der Waals surface area contributed by atoms with Crippen molar-refractivity contribution >= 4 is 11.9 Å². The molecule has 68 valence electrons. The molecule has 4 nitrogen and oxygen atoms in total. The van der Waals surface area contributed by atoms with Gasteiger partial charge in [-0.2, -0.15) is 0 Å². The number of aromatic carboxylic acids is 1. The molecule has 0 heterocycles. The Hall–Kier alpha value is -0.840. The monoisotopic (exact) mass is 203 g/mol. The second-order valence-corrected chi connectivity index (χ2v) is 2.39. The zero-order chi connectivity index (χ0) is 9.84. The maximum absolute atomic E-state index is 10.6. The standard InChI is InChI=1S/C9H8O4.Na/c1-6(10)13-8-5-3-2-4-7(8)9(11)12;/h2-5H,1H3,(H,11,12);/q;+1. The van der Waals surface area contributed by atoms with E-state index in [9.17, 15) is 9.59 Å². The van der Waals surface area contributed by atoms with Crippen LogP contribution in [0.2, 0.25) is 0 Å². The number of para-hydroxylation sites is 1. The van der Waals surface area contributed by atoms with E-state index in [0.29, 0.717) is 0 Å². The zero-order valence-corrected chi connectivity index (χ0v) is 9.98. The van der Waals surface area contributed by atoms with Crippen molar-refractivity contribution in [2.45, 2.75) is 6.92 Å². The normalized spacial score (nSPS) is 8.64. The fourth-order valence-electron chi connectivity index (χ4n) is 0.887. The van der Waals surface area contributed by atoms with E-state index in [1.54, 1.807) is 12.1 Å². The Morgan fingerprint density at radius 3 is 2.36 bits per heavy atom. The molecule has 0 fully saturated rings. The number of carbonyl (C=O) groups excluding carboxylic acids is 1. The Balaban J connectivity index is 0.00000169. The van der Waals surface area contributed by atoms with Crippen molar-refractivity contribution in [1.82, 2.24) is 0 Å². The molecular weight excluding hydrogens is 195 g/mol. The van der Waals surface area contributed by atoms with Gasteiger partial charge in [-0.25, -0.2) is 4.79 Å². The summed E-state index contributed by atoms with van der Waals surface area (Å²) in [4.78, 5) is 21.2. The predicted octanol–water partition coefficient (Wildman–Crippen LogP) is -1.69. The summed E-state index contributed by atoms with van der Waals surface area (Å²) in [5, 5.41) is 8.69. The third-order valence-electron chi connectivity index (χ3n) is 1.37. The minimum Gasteiger partial charge on any atom is -0.478 e. The molecule has 0 saturated heterocycles. The topological polar surface area (TPSA) is 63.6 Å². The Bertz CT molecular complexity index is 348. The third kappa shape index (κ3) is 3.49. The molecule has 1 rings (SSSR count). The quantitative estimate of drug-likeness (QED) is 0.354. The molecule has 14 heavy (non-hydrogen) atoms. The van der Waals surface area contributed by atoms with Crippen molar-refractivity contribution in [3.63, 3.8) is 0 Å². The van der Waals surface area contributed by atoms with Crippen molar-refractivity contribution in [3.8, 4) is 5.75 Å². The number of esters is 1. The number of carboxylic acid groups (broad SMARTS) is 1. The molecule has 1 N–H and O–H groups in total. The first-order chi connectivity index (χ1) is 6.11. The first kappa shape index (κ1) is 13.2.